The summed E-state index contributed by atoms with van der Waals surface area (Å²) in [5.74, 6) is -0.575. The van der Waals surface area contributed by atoms with E-state index in [0.717, 1.165) is 0 Å². The maximum Gasteiger partial charge on any atom is 0.751 e. The van der Waals surface area contributed by atoms with E-state index < -0.39 is 15.0 Å². The third kappa shape index (κ3) is 3.58. The zero-order valence-electron chi connectivity index (χ0n) is 8.96. The van der Waals surface area contributed by atoms with Gasteiger partial charge in [0, 0.05) is 26.4 Å². The van der Waals surface area contributed by atoms with Crippen molar-refractivity contribution in [3.8, 4) is 0 Å². The van der Waals surface area contributed by atoms with Gasteiger partial charge in [-0.25, -0.2) is 4.79 Å². The average Bonchev–Trinajstić information content (AvgIpc) is 2.16. The predicted octanol–water partition coefficient (Wildman–Crippen LogP) is 0.871. The van der Waals surface area contributed by atoms with Crippen LogP contribution in [-0.4, -0.2) is 35.8 Å². The van der Waals surface area contributed by atoms with Crippen LogP contribution < -0.4 is 0 Å². The molecule has 0 N–H and O–H groups in total. The lowest BCUT2D eigenvalue weighted by Crippen LogP contribution is -2.49. The largest absolute Gasteiger partial charge is 0.751 e. The molecule has 0 aliphatic carbocycles. The van der Waals surface area contributed by atoms with E-state index in [2.05, 4.69) is 6.58 Å². The van der Waals surface area contributed by atoms with Crippen LogP contribution in [0.25, 0.3) is 0 Å². The van der Waals surface area contributed by atoms with Crippen LogP contribution in [0.15, 0.2) is 12.2 Å². The Balaban J connectivity index is 4.49. The third-order valence-electron chi connectivity index (χ3n) is 1.39. The summed E-state index contributed by atoms with van der Waals surface area (Å²) in [6.07, 6.45) is 0. The number of carbonyl (C=O) groups is 1. The molecule has 0 aromatic carbocycles. The summed E-state index contributed by atoms with van der Waals surface area (Å²) in [4.78, 5) is 11.2. The van der Waals surface area contributed by atoms with Crippen molar-refractivity contribution < 1.29 is 22.5 Å². The lowest BCUT2D eigenvalue weighted by atomic mass is 10.4. The first-order chi connectivity index (χ1) is 6.51. The fourth-order valence-electron chi connectivity index (χ4n) is 0.691. The first-order valence-electron chi connectivity index (χ1n) is 4.14. The van der Waals surface area contributed by atoms with Crippen LogP contribution in [0, 0.1) is 0 Å². The van der Waals surface area contributed by atoms with Gasteiger partial charge in [0.15, 0.2) is 0 Å². The summed E-state index contributed by atoms with van der Waals surface area (Å²) < 4.78 is 20.0. The number of rotatable bonds is 6. The molecule has 0 bridgehead atoms. The second-order valence-electron chi connectivity index (χ2n) is 2.51. The zero-order valence-corrected chi connectivity index (χ0v) is 9.96. The van der Waals surface area contributed by atoms with Crippen molar-refractivity contribution in [3.63, 3.8) is 0 Å². The summed E-state index contributed by atoms with van der Waals surface area (Å²) in [7, 11) is -0.535. The monoisotopic (exact) mass is 220 g/mol. The van der Waals surface area contributed by atoms with Crippen molar-refractivity contribution in [3.05, 3.63) is 12.2 Å². The van der Waals surface area contributed by atoms with Gasteiger partial charge in [0.2, 0.25) is 0 Å². The highest BCUT2D eigenvalue weighted by molar-refractivity contribution is 6.55. The first kappa shape index (κ1) is 13.3. The lowest BCUT2D eigenvalue weighted by molar-refractivity contribution is -0.138. The molecule has 0 aliphatic rings. The van der Waals surface area contributed by atoms with Crippen molar-refractivity contribution in [2.24, 2.45) is 0 Å². The normalized spacial score (nSPS) is 11.1. The van der Waals surface area contributed by atoms with Gasteiger partial charge in [0.05, 0.1) is 0 Å². The lowest BCUT2D eigenvalue weighted by Gasteiger charge is -2.23. The van der Waals surface area contributed by atoms with Crippen molar-refractivity contribution in [1.29, 1.82) is 0 Å². The fraction of sp³-hybridized carbons (Fsp3) is 0.625. The summed E-state index contributed by atoms with van der Waals surface area (Å²) >= 11 is 0. The maximum absolute atomic E-state index is 11.2. The topological polar surface area (TPSA) is 54.0 Å². The predicted molar refractivity (Wildman–Crippen MR) is 52.3 cm³/mol. The Morgan fingerprint density at radius 1 is 1.36 bits per heavy atom. The highest BCUT2D eigenvalue weighted by Crippen LogP contribution is 2.11. The summed E-state index contributed by atoms with van der Waals surface area (Å²) in [6.45, 7) is 7.09. The molecule has 0 spiro atoms. The smallest absolute Gasteiger partial charge is 0.448 e. The van der Waals surface area contributed by atoms with Gasteiger partial charge in [-0.05, 0) is 13.8 Å². The molecular formula is C8H16O5Si. The molecule has 0 fully saturated rings. The second-order valence-corrected chi connectivity index (χ2v) is 4.82. The third-order valence-corrected chi connectivity index (χ3v) is 3.46. The van der Waals surface area contributed by atoms with Gasteiger partial charge in [0.1, 0.15) is 0 Å². The Kier molecular flexibility index (Phi) is 5.62. The number of hydrogen-bond acceptors (Lipinski definition) is 5. The van der Waals surface area contributed by atoms with Gasteiger partial charge in [-0.2, -0.15) is 0 Å². The van der Waals surface area contributed by atoms with Gasteiger partial charge in [0.25, 0.3) is 0 Å². The molecule has 0 rings (SSSR count). The van der Waals surface area contributed by atoms with E-state index in [4.69, 9.17) is 17.7 Å². The first-order valence-corrected chi connectivity index (χ1v) is 5.77. The number of hydrogen-bond donors (Lipinski definition) is 0. The van der Waals surface area contributed by atoms with E-state index in [1.54, 1.807) is 13.8 Å². The maximum atomic E-state index is 11.2. The second kappa shape index (κ2) is 5.92. The molecule has 6 heteroatoms. The van der Waals surface area contributed by atoms with E-state index in [9.17, 15) is 4.79 Å². The summed E-state index contributed by atoms with van der Waals surface area (Å²) in [6, 6.07) is 0. The molecular weight excluding hydrogens is 204 g/mol. The Bertz CT molecular complexity index is 212. The Morgan fingerprint density at radius 2 is 1.86 bits per heavy atom. The van der Waals surface area contributed by atoms with Gasteiger partial charge in [-0.1, -0.05) is 6.58 Å². The molecule has 0 amide bonds. The Hall–Kier alpha value is -0.693. The minimum absolute atomic E-state index is 0.274. The highest BCUT2D eigenvalue weighted by Gasteiger charge is 2.47. The average molecular weight is 220 g/mol. The molecule has 0 aromatic heterocycles. The van der Waals surface area contributed by atoms with E-state index in [-0.39, 0.29) is 5.57 Å². The molecule has 14 heavy (non-hydrogen) atoms. The zero-order chi connectivity index (χ0) is 11.2. The van der Waals surface area contributed by atoms with E-state index >= 15 is 0 Å². The van der Waals surface area contributed by atoms with Crippen LogP contribution in [0.2, 0.25) is 0 Å². The van der Waals surface area contributed by atoms with Crippen molar-refractivity contribution in [2.45, 2.75) is 13.8 Å². The molecule has 0 saturated carbocycles. The van der Waals surface area contributed by atoms with Crippen molar-refractivity contribution in [1.82, 2.24) is 0 Å². The minimum Gasteiger partial charge on any atom is -0.448 e. The number of carbonyl (C=O) groups excluding carboxylic acids is 1. The molecule has 0 radical (unpaired) electrons. The molecule has 5 nitrogen and oxygen atoms in total. The molecule has 0 atom stereocenters. The quantitative estimate of drug-likeness (QED) is 0.491. The van der Waals surface area contributed by atoms with Gasteiger partial charge >= 0.3 is 15.0 Å². The van der Waals surface area contributed by atoms with E-state index in [0.29, 0.717) is 6.61 Å². The van der Waals surface area contributed by atoms with E-state index in [1.807, 2.05) is 0 Å². The summed E-state index contributed by atoms with van der Waals surface area (Å²) in [5, 5.41) is 0. The standard InChI is InChI=1S/C8H16O5Si/c1-6-12-14(10-4,11-5)13-8(9)7(2)3/h2,6H2,1,3-5H3. The Morgan fingerprint density at radius 3 is 2.14 bits per heavy atom. The van der Waals surface area contributed by atoms with Gasteiger partial charge in [-0.3, -0.25) is 0 Å². The van der Waals surface area contributed by atoms with Crippen LogP contribution in [0.3, 0.4) is 0 Å². The Labute approximate surface area is 85.1 Å². The van der Waals surface area contributed by atoms with Crippen LogP contribution >= 0.6 is 0 Å². The van der Waals surface area contributed by atoms with Gasteiger partial charge < -0.3 is 17.7 Å². The fourth-order valence-corrected chi connectivity index (χ4v) is 2.07. The molecule has 82 valence electrons. The van der Waals surface area contributed by atoms with Crippen molar-refractivity contribution in [2.75, 3.05) is 20.8 Å². The highest BCUT2D eigenvalue weighted by atomic mass is 28.4. The van der Waals surface area contributed by atoms with E-state index in [1.165, 1.54) is 14.2 Å². The molecule has 0 heterocycles. The van der Waals surface area contributed by atoms with Gasteiger partial charge in [-0.15, -0.1) is 0 Å². The van der Waals surface area contributed by atoms with Crippen LogP contribution in [0.1, 0.15) is 13.8 Å². The summed E-state index contributed by atoms with van der Waals surface area (Å²) in [5.41, 5.74) is 0.274. The van der Waals surface area contributed by atoms with Crippen LogP contribution in [0.4, 0.5) is 0 Å². The minimum atomic E-state index is -3.28. The van der Waals surface area contributed by atoms with Crippen LogP contribution in [0.5, 0.6) is 0 Å². The molecule has 0 saturated heterocycles. The molecule has 0 aliphatic heterocycles. The molecule has 0 unspecified atom stereocenters. The molecule has 0 aromatic rings. The van der Waals surface area contributed by atoms with Crippen molar-refractivity contribution >= 4 is 15.0 Å². The SMILES string of the molecule is C=C(C)C(=O)O[Si](OC)(OC)OCC. The van der Waals surface area contributed by atoms with Crippen LogP contribution in [-0.2, 0) is 22.5 Å².